The summed E-state index contributed by atoms with van der Waals surface area (Å²) in [4.78, 5) is 46.5. The number of carboxylic acid groups (broad SMARTS) is 1. The first-order valence-electron chi connectivity index (χ1n) is 8.74. The molecule has 1 aliphatic rings. The number of amides is 2. The lowest BCUT2D eigenvalue weighted by Gasteiger charge is -2.40. The highest BCUT2D eigenvalue weighted by Crippen LogP contribution is 2.33. The molecule has 0 radical (unpaired) electrons. The van der Waals surface area contributed by atoms with Crippen LogP contribution in [0, 0.1) is 16.0 Å². The van der Waals surface area contributed by atoms with Crippen molar-refractivity contribution in [3.05, 3.63) is 39.9 Å². The third-order valence-corrected chi connectivity index (χ3v) is 4.97. The smallest absolute Gasteiger partial charge is 0.308 e. The monoisotopic (exact) mass is 377 g/mol. The van der Waals surface area contributed by atoms with Crippen LogP contribution in [0.15, 0.2) is 24.3 Å². The Morgan fingerprint density at radius 3 is 2.67 bits per heavy atom. The number of nitro groups is 1. The molecule has 0 heterocycles. The van der Waals surface area contributed by atoms with Gasteiger partial charge in [-0.3, -0.25) is 24.5 Å². The molecule has 3 unspecified atom stereocenters. The van der Waals surface area contributed by atoms with E-state index in [9.17, 15) is 29.6 Å². The van der Waals surface area contributed by atoms with Gasteiger partial charge in [0.2, 0.25) is 5.91 Å². The zero-order valence-corrected chi connectivity index (χ0v) is 15.2. The van der Waals surface area contributed by atoms with Gasteiger partial charge < -0.3 is 15.7 Å². The molecule has 2 amide bonds. The van der Waals surface area contributed by atoms with Gasteiger partial charge in [-0.15, -0.1) is 0 Å². The third kappa shape index (κ3) is 4.81. The predicted molar refractivity (Wildman–Crippen MR) is 96.2 cm³/mol. The van der Waals surface area contributed by atoms with Gasteiger partial charge in [-0.1, -0.05) is 18.9 Å². The van der Waals surface area contributed by atoms with E-state index in [2.05, 4.69) is 10.6 Å². The maximum absolute atomic E-state index is 12.5. The molecule has 3 N–H and O–H groups in total. The Hall–Kier alpha value is -2.97. The molecular weight excluding hydrogens is 354 g/mol. The zero-order valence-electron chi connectivity index (χ0n) is 15.2. The molecule has 0 bridgehead atoms. The van der Waals surface area contributed by atoms with Crippen molar-refractivity contribution in [3.63, 3.8) is 0 Å². The van der Waals surface area contributed by atoms with Crippen LogP contribution in [0.4, 0.5) is 5.69 Å². The van der Waals surface area contributed by atoms with Crippen molar-refractivity contribution in [2.45, 2.75) is 51.1 Å². The van der Waals surface area contributed by atoms with E-state index in [1.165, 1.54) is 25.1 Å². The maximum Gasteiger partial charge on any atom is 0.308 e. The Labute approximate surface area is 156 Å². The molecule has 9 nitrogen and oxygen atoms in total. The minimum atomic E-state index is -0.953. The summed E-state index contributed by atoms with van der Waals surface area (Å²) < 4.78 is 0. The van der Waals surface area contributed by atoms with Crippen LogP contribution in [0.25, 0.3) is 0 Å². The van der Waals surface area contributed by atoms with Gasteiger partial charge in [-0.25, -0.2) is 0 Å². The summed E-state index contributed by atoms with van der Waals surface area (Å²) >= 11 is 0. The summed E-state index contributed by atoms with van der Waals surface area (Å²) in [5, 5.41) is 25.5. The van der Waals surface area contributed by atoms with E-state index in [0.717, 1.165) is 18.9 Å². The molecule has 9 heteroatoms. The van der Waals surface area contributed by atoms with Crippen LogP contribution in [-0.2, 0) is 9.59 Å². The molecule has 1 saturated carbocycles. The van der Waals surface area contributed by atoms with Gasteiger partial charge in [-0.2, -0.15) is 0 Å². The quantitative estimate of drug-likeness (QED) is 0.511. The number of carbonyl (C=O) groups excluding carboxylic acids is 2. The fourth-order valence-electron chi connectivity index (χ4n) is 3.38. The number of nitrogens with zero attached hydrogens (tertiary/aromatic N) is 1. The van der Waals surface area contributed by atoms with Crippen LogP contribution in [0.2, 0.25) is 0 Å². The van der Waals surface area contributed by atoms with Crippen molar-refractivity contribution < 1.29 is 24.4 Å². The van der Waals surface area contributed by atoms with E-state index in [0.29, 0.717) is 12.8 Å². The first-order valence-corrected chi connectivity index (χ1v) is 8.74. The molecule has 0 spiro atoms. The van der Waals surface area contributed by atoms with Crippen LogP contribution in [-0.4, -0.2) is 39.4 Å². The summed E-state index contributed by atoms with van der Waals surface area (Å²) in [6.07, 6.45) is 2.64. The Bertz CT molecular complexity index is 765. The van der Waals surface area contributed by atoms with Crippen LogP contribution in [0.5, 0.6) is 0 Å². The molecule has 0 aliphatic heterocycles. The first kappa shape index (κ1) is 20.3. The van der Waals surface area contributed by atoms with E-state index in [1.807, 2.05) is 0 Å². The largest absolute Gasteiger partial charge is 0.481 e. The van der Waals surface area contributed by atoms with Crippen molar-refractivity contribution in [2.24, 2.45) is 5.92 Å². The van der Waals surface area contributed by atoms with Crippen LogP contribution < -0.4 is 10.6 Å². The summed E-state index contributed by atoms with van der Waals surface area (Å²) in [5.41, 5.74) is -1.04. The van der Waals surface area contributed by atoms with Gasteiger partial charge in [0.15, 0.2) is 0 Å². The number of aliphatic carboxylic acids is 1. The van der Waals surface area contributed by atoms with E-state index in [-0.39, 0.29) is 11.3 Å². The number of rotatable bonds is 6. The molecule has 0 saturated heterocycles. The van der Waals surface area contributed by atoms with E-state index in [4.69, 9.17) is 0 Å². The number of non-ortho nitro benzene ring substituents is 1. The fourth-order valence-corrected chi connectivity index (χ4v) is 3.38. The number of benzene rings is 1. The highest BCUT2D eigenvalue weighted by atomic mass is 16.6. The van der Waals surface area contributed by atoms with Crippen molar-refractivity contribution >= 4 is 23.5 Å². The standard InChI is InChI=1S/C18H23N3O6/c1-11(19-16(23)12-6-5-7-13(10-12)21(26)27)15(22)20-18(2)9-4-3-8-14(18)17(24)25/h5-7,10-11,14H,3-4,8-9H2,1-2H3,(H,19,23)(H,20,22)(H,24,25). The number of carboxylic acids is 1. The van der Waals surface area contributed by atoms with Crippen molar-refractivity contribution in [1.82, 2.24) is 10.6 Å². The van der Waals surface area contributed by atoms with Crippen molar-refractivity contribution in [3.8, 4) is 0 Å². The van der Waals surface area contributed by atoms with E-state index >= 15 is 0 Å². The fraction of sp³-hybridized carbons (Fsp3) is 0.500. The number of carbonyl (C=O) groups is 3. The Morgan fingerprint density at radius 2 is 2.04 bits per heavy atom. The lowest BCUT2D eigenvalue weighted by Crippen LogP contribution is -2.59. The lowest BCUT2D eigenvalue weighted by molar-refractivity contribution is -0.384. The van der Waals surface area contributed by atoms with Gasteiger partial charge >= 0.3 is 5.97 Å². The summed E-state index contributed by atoms with van der Waals surface area (Å²) in [6, 6.07) is 4.27. The van der Waals surface area contributed by atoms with Gasteiger partial charge in [0, 0.05) is 17.7 Å². The van der Waals surface area contributed by atoms with Crippen molar-refractivity contribution in [1.29, 1.82) is 0 Å². The van der Waals surface area contributed by atoms with E-state index < -0.39 is 40.2 Å². The Balaban J connectivity index is 2.04. The molecule has 0 aromatic heterocycles. The molecule has 3 atom stereocenters. The number of hydrogen-bond acceptors (Lipinski definition) is 5. The van der Waals surface area contributed by atoms with Crippen LogP contribution >= 0.6 is 0 Å². The first-order chi connectivity index (χ1) is 12.6. The summed E-state index contributed by atoms with van der Waals surface area (Å²) in [7, 11) is 0. The number of nitro benzene ring substituents is 1. The molecular formula is C18H23N3O6. The highest BCUT2D eigenvalue weighted by Gasteiger charge is 2.42. The number of nitrogens with one attached hydrogen (secondary N) is 2. The van der Waals surface area contributed by atoms with Gasteiger partial charge in [-0.05, 0) is 32.8 Å². The Morgan fingerprint density at radius 1 is 1.33 bits per heavy atom. The second kappa shape index (κ2) is 8.15. The highest BCUT2D eigenvalue weighted by molar-refractivity contribution is 5.98. The predicted octanol–water partition coefficient (Wildman–Crippen LogP) is 1.86. The summed E-state index contributed by atoms with van der Waals surface area (Å²) in [6.45, 7) is 3.19. The Kier molecular flexibility index (Phi) is 6.14. The topological polar surface area (TPSA) is 139 Å². The SMILES string of the molecule is CC(NC(=O)c1cccc([N+](=O)[O-])c1)C(=O)NC1(C)CCCCC1C(=O)O. The second-order valence-corrected chi connectivity index (χ2v) is 7.05. The molecule has 1 aromatic rings. The molecule has 27 heavy (non-hydrogen) atoms. The van der Waals surface area contributed by atoms with Crippen molar-refractivity contribution in [2.75, 3.05) is 0 Å². The lowest BCUT2D eigenvalue weighted by atomic mass is 9.73. The molecule has 146 valence electrons. The summed E-state index contributed by atoms with van der Waals surface area (Å²) in [5.74, 6) is -2.75. The van der Waals surface area contributed by atoms with E-state index in [1.54, 1.807) is 6.92 Å². The molecule has 1 aromatic carbocycles. The second-order valence-electron chi connectivity index (χ2n) is 7.05. The molecule has 1 fully saturated rings. The average molecular weight is 377 g/mol. The van der Waals surface area contributed by atoms with Crippen LogP contribution in [0.3, 0.4) is 0 Å². The molecule has 2 rings (SSSR count). The zero-order chi connectivity index (χ0) is 20.2. The molecule has 1 aliphatic carbocycles. The van der Waals surface area contributed by atoms with Gasteiger partial charge in [0.05, 0.1) is 16.4 Å². The third-order valence-electron chi connectivity index (χ3n) is 4.97. The number of hydrogen-bond donors (Lipinski definition) is 3. The van der Waals surface area contributed by atoms with Gasteiger partial charge in [0.25, 0.3) is 11.6 Å². The minimum absolute atomic E-state index is 0.0659. The average Bonchev–Trinajstić information content (AvgIpc) is 2.61. The minimum Gasteiger partial charge on any atom is -0.481 e. The normalized spacial score (nSPS) is 23.1. The van der Waals surface area contributed by atoms with Crippen LogP contribution in [0.1, 0.15) is 49.9 Å². The maximum atomic E-state index is 12.5. The van der Waals surface area contributed by atoms with Gasteiger partial charge in [0.1, 0.15) is 6.04 Å².